The maximum atomic E-state index is 15.8. The number of amides is 1. The number of alkyl halides is 3. The Morgan fingerprint density at radius 2 is 1.97 bits per heavy atom. The Bertz CT molecular complexity index is 1330. The number of aryl methyl sites for hydroxylation is 1. The van der Waals surface area contributed by atoms with Crippen molar-refractivity contribution >= 4 is 17.5 Å². The molecule has 4 heterocycles. The highest BCUT2D eigenvalue weighted by Crippen LogP contribution is 2.42. The normalized spacial score (nSPS) is 16.9. The summed E-state index contributed by atoms with van der Waals surface area (Å²) in [5.74, 6) is -1.71. The van der Waals surface area contributed by atoms with Gasteiger partial charge >= 0.3 is 6.18 Å². The van der Waals surface area contributed by atoms with Crippen LogP contribution in [0.5, 0.6) is 11.8 Å². The number of rotatable bonds is 5. The van der Waals surface area contributed by atoms with Crippen molar-refractivity contribution in [3.05, 3.63) is 51.4 Å². The fraction of sp³-hybridized carbons (Fsp3) is 0.364. The molecule has 0 aromatic carbocycles. The first-order valence-corrected chi connectivity index (χ1v) is 11.0. The number of fused-ring (bicyclic) bond motifs is 5. The number of hydrogen-bond donors (Lipinski definition) is 2. The maximum absolute atomic E-state index is 15.8. The van der Waals surface area contributed by atoms with Crippen LogP contribution in [0.3, 0.4) is 0 Å². The summed E-state index contributed by atoms with van der Waals surface area (Å²) in [7, 11) is 0. The molecule has 1 atom stereocenters. The highest BCUT2D eigenvalue weighted by molar-refractivity contribution is 6.28. The molecular weight excluding hydrogens is 494 g/mol. The number of halogens is 5. The minimum absolute atomic E-state index is 0.0269. The lowest BCUT2D eigenvalue weighted by Gasteiger charge is -2.21. The molecule has 8 nitrogen and oxygen atoms in total. The van der Waals surface area contributed by atoms with Gasteiger partial charge in [-0.1, -0.05) is 6.92 Å². The van der Waals surface area contributed by atoms with Crippen molar-refractivity contribution in [3.63, 3.8) is 0 Å². The Kier molecular flexibility index (Phi) is 5.88. The SMILES string of the molecule is C[C@@H]1CNC(=O)c2c1[nH]c1c2CCc2cnc(Oc3nc(Cl)ncc3COCC(F)(F)F)c(F)c2-1. The lowest BCUT2D eigenvalue weighted by molar-refractivity contribution is -0.176. The third-order valence-corrected chi connectivity index (χ3v) is 6.08. The zero-order valence-corrected chi connectivity index (χ0v) is 19.0. The monoisotopic (exact) mass is 511 g/mol. The molecule has 184 valence electrons. The average molecular weight is 512 g/mol. The summed E-state index contributed by atoms with van der Waals surface area (Å²) < 4.78 is 63.3. The van der Waals surface area contributed by atoms with Gasteiger partial charge in [-0.3, -0.25) is 4.79 Å². The molecule has 0 bridgehead atoms. The van der Waals surface area contributed by atoms with Crippen molar-refractivity contribution in [3.8, 4) is 23.0 Å². The highest BCUT2D eigenvalue weighted by atomic mass is 35.5. The second-order valence-electron chi connectivity index (χ2n) is 8.34. The van der Waals surface area contributed by atoms with E-state index in [0.29, 0.717) is 36.2 Å². The van der Waals surface area contributed by atoms with E-state index in [4.69, 9.17) is 16.3 Å². The van der Waals surface area contributed by atoms with Gasteiger partial charge in [-0.05, 0) is 35.6 Å². The number of H-pyrrole nitrogens is 1. The molecule has 2 aliphatic rings. The van der Waals surface area contributed by atoms with Gasteiger partial charge in [0.05, 0.1) is 23.4 Å². The number of pyridine rings is 1. The standard InChI is InChI=1S/C22H18ClF4N5O3/c1-9-4-28-18(33)14-12-3-2-10-5-29-20(15(24)13(10)17(12)31-16(9)14)35-19-11(6-30-21(23)32-19)7-34-8-22(25,26)27/h5-6,9,31H,2-4,7-8H2,1H3,(H,28,33)/t9-/m1/s1. The fourth-order valence-electron chi connectivity index (χ4n) is 4.31. The first-order chi connectivity index (χ1) is 16.6. The molecule has 0 saturated carbocycles. The van der Waals surface area contributed by atoms with Gasteiger partial charge in [0.15, 0.2) is 5.82 Å². The van der Waals surface area contributed by atoms with Crippen LogP contribution in [-0.2, 0) is 24.2 Å². The number of hydrogen-bond acceptors (Lipinski definition) is 6. The molecule has 5 rings (SSSR count). The Balaban J connectivity index is 1.51. The van der Waals surface area contributed by atoms with Crippen molar-refractivity contribution < 1.29 is 31.8 Å². The Morgan fingerprint density at radius 1 is 1.17 bits per heavy atom. The lowest BCUT2D eigenvalue weighted by atomic mass is 9.87. The summed E-state index contributed by atoms with van der Waals surface area (Å²) in [4.78, 5) is 27.4. The molecule has 0 radical (unpaired) electrons. The summed E-state index contributed by atoms with van der Waals surface area (Å²) in [5.41, 5.74) is 3.37. The van der Waals surface area contributed by atoms with Crippen LogP contribution in [0.2, 0.25) is 5.28 Å². The van der Waals surface area contributed by atoms with E-state index in [1.807, 2.05) is 6.92 Å². The van der Waals surface area contributed by atoms with Crippen molar-refractivity contribution in [1.82, 2.24) is 25.3 Å². The van der Waals surface area contributed by atoms with E-state index in [1.54, 1.807) is 0 Å². The largest absolute Gasteiger partial charge is 0.417 e. The van der Waals surface area contributed by atoms with Gasteiger partial charge in [0.1, 0.15) is 6.61 Å². The van der Waals surface area contributed by atoms with Crippen LogP contribution >= 0.6 is 11.6 Å². The summed E-state index contributed by atoms with van der Waals surface area (Å²) in [6, 6.07) is 0. The van der Waals surface area contributed by atoms with Gasteiger partial charge in [0.25, 0.3) is 11.8 Å². The highest BCUT2D eigenvalue weighted by Gasteiger charge is 2.35. The molecule has 35 heavy (non-hydrogen) atoms. The quantitative estimate of drug-likeness (QED) is 0.387. The predicted molar refractivity (Wildman–Crippen MR) is 115 cm³/mol. The molecule has 1 aliphatic heterocycles. The second-order valence-corrected chi connectivity index (χ2v) is 8.67. The van der Waals surface area contributed by atoms with Crippen molar-refractivity contribution in [2.45, 2.75) is 38.5 Å². The van der Waals surface area contributed by atoms with E-state index in [-0.39, 0.29) is 34.1 Å². The number of nitrogens with one attached hydrogen (secondary N) is 2. The molecule has 0 fully saturated rings. The number of aromatic nitrogens is 4. The van der Waals surface area contributed by atoms with E-state index < -0.39 is 31.1 Å². The van der Waals surface area contributed by atoms with Gasteiger partial charge in [0.2, 0.25) is 11.2 Å². The second kappa shape index (κ2) is 8.76. The smallest absolute Gasteiger partial charge is 0.411 e. The van der Waals surface area contributed by atoms with E-state index in [9.17, 15) is 18.0 Å². The Hall–Kier alpha value is -3.25. The van der Waals surface area contributed by atoms with E-state index in [1.165, 1.54) is 6.20 Å². The lowest BCUT2D eigenvalue weighted by Crippen LogP contribution is -2.34. The van der Waals surface area contributed by atoms with Crippen molar-refractivity contribution in [1.29, 1.82) is 0 Å². The zero-order valence-electron chi connectivity index (χ0n) is 18.2. The minimum Gasteiger partial charge on any atom is -0.417 e. The van der Waals surface area contributed by atoms with Gasteiger partial charge in [-0.25, -0.2) is 14.4 Å². The molecule has 13 heteroatoms. The third-order valence-electron chi connectivity index (χ3n) is 5.89. The zero-order chi connectivity index (χ0) is 24.9. The van der Waals surface area contributed by atoms with Crippen LogP contribution in [0.25, 0.3) is 11.3 Å². The number of nitrogens with zero attached hydrogens (tertiary/aromatic N) is 3. The molecule has 3 aromatic heterocycles. The van der Waals surface area contributed by atoms with Gasteiger partial charge < -0.3 is 19.8 Å². The van der Waals surface area contributed by atoms with Crippen LogP contribution < -0.4 is 10.1 Å². The van der Waals surface area contributed by atoms with Crippen molar-refractivity contribution in [2.75, 3.05) is 13.2 Å². The Labute approximate surface area is 201 Å². The molecule has 1 amide bonds. The van der Waals surface area contributed by atoms with Crippen LogP contribution in [0.15, 0.2) is 12.4 Å². The molecule has 0 spiro atoms. The molecule has 3 aromatic rings. The summed E-state index contributed by atoms with van der Waals surface area (Å²) >= 11 is 5.82. The number of ether oxygens (including phenoxy) is 2. The first-order valence-electron chi connectivity index (χ1n) is 10.7. The topological polar surface area (TPSA) is 102 Å². The summed E-state index contributed by atoms with van der Waals surface area (Å²) in [6.45, 7) is 0.393. The van der Waals surface area contributed by atoms with Crippen LogP contribution in [0, 0.1) is 5.82 Å². The van der Waals surface area contributed by atoms with Crippen LogP contribution in [0.1, 0.15) is 45.6 Å². The molecule has 0 unspecified atom stereocenters. The van der Waals surface area contributed by atoms with Crippen molar-refractivity contribution in [2.24, 2.45) is 0 Å². The van der Waals surface area contributed by atoms with E-state index in [0.717, 1.165) is 17.5 Å². The average Bonchev–Trinajstić information content (AvgIpc) is 3.20. The van der Waals surface area contributed by atoms with Gasteiger partial charge in [-0.15, -0.1) is 0 Å². The number of aromatic amines is 1. The molecule has 0 saturated heterocycles. The van der Waals surface area contributed by atoms with E-state index in [2.05, 4.69) is 30.0 Å². The maximum Gasteiger partial charge on any atom is 0.411 e. The van der Waals surface area contributed by atoms with Gasteiger partial charge in [-0.2, -0.15) is 18.2 Å². The predicted octanol–water partition coefficient (Wildman–Crippen LogP) is 4.48. The molecule has 2 N–H and O–H groups in total. The summed E-state index contributed by atoms with van der Waals surface area (Å²) in [5, 5.41) is 2.59. The number of carbonyl (C=O) groups excluding carboxylic acids is 1. The van der Waals surface area contributed by atoms with Crippen LogP contribution in [-0.4, -0.2) is 45.2 Å². The minimum atomic E-state index is -4.53. The molecular formula is C22H18ClF4N5O3. The fourth-order valence-corrected chi connectivity index (χ4v) is 4.44. The molecule has 1 aliphatic carbocycles. The Morgan fingerprint density at radius 3 is 2.74 bits per heavy atom. The van der Waals surface area contributed by atoms with E-state index >= 15 is 4.39 Å². The first kappa shape index (κ1) is 23.5. The van der Waals surface area contributed by atoms with Gasteiger partial charge in [0, 0.05) is 36.1 Å². The van der Waals surface area contributed by atoms with Crippen LogP contribution in [0.4, 0.5) is 17.6 Å². The number of carbonyl (C=O) groups is 1. The third kappa shape index (κ3) is 4.43. The summed E-state index contributed by atoms with van der Waals surface area (Å²) in [6.07, 6.45) is -0.926.